The van der Waals surface area contributed by atoms with Crippen molar-refractivity contribution in [1.82, 2.24) is 4.98 Å². The van der Waals surface area contributed by atoms with Crippen LogP contribution in [0.3, 0.4) is 0 Å². The molecule has 0 fully saturated rings. The smallest absolute Gasteiger partial charge is 0.384 e. The molecule has 0 aliphatic carbocycles. The van der Waals surface area contributed by atoms with Crippen molar-refractivity contribution in [2.75, 3.05) is 11.9 Å². The summed E-state index contributed by atoms with van der Waals surface area (Å²) in [5, 5.41) is 3.79. The van der Waals surface area contributed by atoms with Crippen molar-refractivity contribution in [2.45, 2.75) is 19.0 Å². The second kappa shape index (κ2) is 6.30. The van der Waals surface area contributed by atoms with Gasteiger partial charge in [-0.05, 0) is 30.7 Å². The molecule has 0 saturated heterocycles. The minimum absolute atomic E-state index is 0.176. The largest absolute Gasteiger partial charge is 0.433 e. The second-order valence-corrected chi connectivity index (χ2v) is 4.89. The van der Waals surface area contributed by atoms with Gasteiger partial charge < -0.3 is 10.1 Å². The minimum Gasteiger partial charge on any atom is -0.384 e. The quantitative estimate of drug-likeness (QED) is 0.660. The average Bonchev–Trinajstić information content (AvgIpc) is 2.41. The maximum atomic E-state index is 12.9. The van der Waals surface area contributed by atoms with Gasteiger partial charge in [-0.2, -0.15) is 13.2 Å². The van der Waals surface area contributed by atoms with Crippen LogP contribution in [-0.4, -0.2) is 17.8 Å². The molecule has 21 heavy (non-hydrogen) atoms. The lowest BCUT2D eigenvalue weighted by molar-refractivity contribution is -0.140. The van der Waals surface area contributed by atoms with Gasteiger partial charge in [0.25, 0.3) is 0 Å². The first-order valence-electron chi connectivity index (χ1n) is 6.27. The van der Waals surface area contributed by atoms with E-state index in [1.807, 2.05) is 0 Å². The molecule has 3 nitrogen and oxygen atoms in total. The molecule has 1 aromatic carbocycles. The molecule has 0 unspecified atom stereocenters. The van der Waals surface area contributed by atoms with Gasteiger partial charge in [0.1, 0.15) is 12.0 Å². The topological polar surface area (TPSA) is 42.0 Å². The van der Waals surface area contributed by atoms with Crippen LogP contribution in [0, 0.1) is 0 Å². The number of fused-ring (bicyclic) bond motifs is 1. The number of nitrogens with zero attached hydrogens (tertiary/aromatic N) is 1. The lowest BCUT2D eigenvalue weighted by Crippen LogP contribution is -2.10. The van der Waals surface area contributed by atoms with Crippen molar-refractivity contribution >= 4 is 34.5 Å². The molecule has 0 aliphatic rings. The number of alkyl halides is 3. The second-order valence-electron chi connectivity index (χ2n) is 4.45. The Morgan fingerprint density at radius 2 is 2.05 bits per heavy atom. The van der Waals surface area contributed by atoms with E-state index in [9.17, 15) is 18.0 Å². The van der Waals surface area contributed by atoms with Gasteiger partial charge in [-0.3, -0.25) is 0 Å². The number of aldehydes is 1. The van der Waals surface area contributed by atoms with E-state index in [1.165, 1.54) is 6.07 Å². The van der Waals surface area contributed by atoms with Gasteiger partial charge >= 0.3 is 6.18 Å². The van der Waals surface area contributed by atoms with Crippen molar-refractivity contribution in [3.8, 4) is 0 Å². The first kappa shape index (κ1) is 15.6. The third kappa shape index (κ3) is 3.85. The van der Waals surface area contributed by atoms with Gasteiger partial charge in [-0.1, -0.05) is 11.6 Å². The Morgan fingerprint density at radius 3 is 2.71 bits per heavy atom. The van der Waals surface area contributed by atoms with Crippen LogP contribution in [0.1, 0.15) is 18.5 Å². The normalized spacial score (nSPS) is 11.6. The number of hydrogen-bond acceptors (Lipinski definition) is 3. The molecule has 2 rings (SSSR count). The number of nitrogens with one attached hydrogen (secondary N) is 1. The first-order chi connectivity index (χ1) is 9.91. The molecule has 0 amide bonds. The summed E-state index contributed by atoms with van der Waals surface area (Å²) in [6.07, 6.45) is -2.86. The van der Waals surface area contributed by atoms with E-state index in [4.69, 9.17) is 11.6 Å². The highest BCUT2D eigenvalue weighted by Gasteiger charge is 2.33. The molecule has 0 bridgehead atoms. The monoisotopic (exact) mass is 316 g/mol. The molecule has 0 aliphatic heterocycles. The number of pyridine rings is 1. The Morgan fingerprint density at radius 1 is 1.29 bits per heavy atom. The van der Waals surface area contributed by atoms with Crippen molar-refractivity contribution in [2.24, 2.45) is 0 Å². The highest BCUT2D eigenvalue weighted by molar-refractivity contribution is 6.31. The Kier molecular flexibility index (Phi) is 4.67. The molecular weight excluding hydrogens is 305 g/mol. The Labute approximate surface area is 124 Å². The number of halogens is 4. The number of hydrogen-bond donors (Lipinski definition) is 1. The zero-order valence-electron chi connectivity index (χ0n) is 10.9. The fourth-order valence-electron chi connectivity index (χ4n) is 1.90. The van der Waals surface area contributed by atoms with E-state index in [-0.39, 0.29) is 5.52 Å². The van der Waals surface area contributed by atoms with Crippen LogP contribution in [0.2, 0.25) is 5.02 Å². The number of aromatic nitrogens is 1. The molecule has 0 spiro atoms. The van der Waals surface area contributed by atoms with Crippen LogP contribution in [-0.2, 0) is 11.0 Å². The summed E-state index contributed by atoms with van der Waals surface area (Å²) in [5.41, 5.74) is -0.472. The maximum absolute atomic E-state index is 12.9. The van der Waals surface area contributed by atoms with Crippen LogP contribution in [0.4, 0.5) is 18.9 Å². The van der Waals surface area contributed by atoms with Crippen LogP contribution < -0.4 is 5.32 Å². The summed E-state index contributed by atoms with van der Waals surface area (Å²) in [6, 6.07) is 5.57. The highest BCUT2D eigenvalue weighted by atomic mass is 35.5. The predicted octanol–water partition coefficient (Wildman–Crippen LogP) is 4.30. The van der Waals surface area contributed by atoms with Crippen molar-refractivity contribution in [3.05, 3.63) is 35.0 Å². The Hall–Kier alpha value is -1.82. The van der Waals surface area contributed by atoms with Gasteiger partial charge in [-0.15, -0.1) is 0 Å². The average molecular weight is 317 g/mol. The van der Waals surface area contributed by atoms with Crippen LogP contribution in [0.25, 0.3) is 10.9 Å². The zero-order chi connectivity index (χ0) is 15.5. The number of anilines is 1. The lowest BCUT2D eigenvalue weighted by atomic mass is 10.1. The van der Waals surface area contributed by atoms with Gasteiger partial charge in [0.2, 0.25) is 0 Å². The fraction of sp³-hybridized carbons (Fsp3) is 0.286. The Bertz CT molecular complexity index is 658. The molecule has 2 aromatic rings. The van der Waals surface area contributed by atoms with Crippen molar-refractivity contribution in [3.63, 3.8) is 0 Å². The van der Waals surface area contributed by atoms with Gasteiger partial charge in [0.05, 0.1) is 5.52 Å². The SMILES string of the molecule is O=CCCCNc1cc(C(F)(F)F)nc2cc(Cl)ccc12. The van der Waals surface area contributed by atoms with Crippen molar-refractivity contribution < 1.29 is 18.0 Å². The van der Waals surface area contributed by atoms with E-state index in [2.05, 4.69) is 10.3 Å². The standard InChI is InChI=1S/C14H12ClF3N2O/c15-9-3-4-10-11(19-5-1-2-6-21)8-13(14(16,17)18)20-12(10)7-9/h3-4,6-8H,1-2,5H2,(H,19,20). The molecule has 0 radical (unpaired) electrons. The summed E-state index contributed by atoms with van der Waals surface area (Å²) in [6.45, 7) is 0.401. The molecule has 7 heteroatoms. The van der Waals surface area contributed by atoms with Gasteiger partial charge in [-0.25, -0.2) is 4.98 Å². The summed E-state index contributed by atoms with van der Waals surface area (Å²) < 4.78 is 38.6. The molecule has 1 heterocycles. The van der Waals surface area contributed by atoms with E-state index >= 15 is 0 Å². The van der Waals surface area contributed by atoms with E-state index in [0.717, 1.165) is 12.4 Å². The highest BCUT2D eigenvalue weighted by Crippen LogP contribution is 2.33. The molecule has 0 atom stereocenters. The van der Waals surface area contributed by atoms with Crippen LogP contribution in [0.15, 0.2) is 24.3 Å². The lowest BCUT2D eigenvalue weighted by Gasteiger charge is -2.13. The van der Waals surface area contributed by atoms with E-state index in [0.29, 0.717) is 35.5 Å². The molecule has 1 N–H and O–H groups in total. The summed E-state index contributed by atoms with van der Waals surface area (Å²) >= 11 is 5.80. The number of benzene rings is 1. The predicted molar refractivity (Wildman–Crippen MR) is 75.5 cm³/mol. The minimum atomic E-state index is -4.53. The van der Waals surface area contributed by atoms with Crippen LogP contribution >= 0.6 is 11.6 Å². The van der Waals surface area contributed by atoms with E-state index < -0.39 is 11.9 Å². The molecule has 112 valence electrons. The third-order valence-electron chi connectivity index (χ3n) is 2.88. The molecule has 1 aromatic heterocycles. The van der Waals surface area contributed by atoms with Gasteiger partial charge in [0.15, 0.2) is 0 Å². The summed E-state index contributed by atoms with van der Waals surface area (Å²) in [7, 11) is 0. The fourth-order valence-corrected chi connectivity index (χ4v) is 2.07. The van der Waals surface area contributed by atoms with Crippen molar-refractivity contribution in [1.29, 1.82) is 0 Å². The molecular formula is C14H12ClF3N2O. The summed E-state index contributed by atoms with van der Waals surface area (Å²) in [4.78, 5) is 13.9. The Balaban J connectivity index is 2.42. The van der Waals surface area contributed by atoms with E-state index in [1.54, 1.807) is 12.1 Å². The summed E-state index contributed by atoms with van der Waals surface area (Å²) in [5.74, 6) is 0. The molecule has 0 saturated carbocycles. The number of rotatable bonds is 5. The third-order valence-corrected chi connectivity index (χ3v) is 3.11. The van der Waals surface area contributed by atoms with Gasteiger partial charge in [0, 0.05) is 29.1 Å². The maximum Gasteiger partial charge on any atom is 0.433 e. The number of carbonyl (C=O) groups is 1. The number of carbonyl (C=O) groups excluding carboxylic acids is 1. The first-order valence-corrected chi connectivity index (χ1v) is 6.64. The zero-order valence-corrected chi connectivity index (χ0v) is 11.6. The number of unbranched alkanes of at least 4 members (excludes halogenated alkanes) is 1. The van der Waals surface area contributed by atoms with Crippen LogP contribution in [0.5, 0.6) is 0 Å².